The largest absolute Gasteiger partial charge is 0.456 e. The van der Waals surface area contributed by atoms with Crippen molar-refractivity contribution in [1.82, 2.24) is 0 Å². The van der Waals surface area contributed by atoms with Crippen LogP contribution >= 0.6 is 0 Å². The van der Waals surface area contributed by atoms with Crippen LogP contribution in [0.3, 0.4) is 0 Å². The summed E-state index contributed by atoms with van der Waals surface area (Å²) in [5.74, 6) is 0. The molecule has 0 bridgehead atoms. The van der Waals surface area contributed by atoms with Crippen molar-refractivity contribution < 1.29 is 35.9 Å². The molecule has 1 heteroatoms. The molecule has 0 aliphatic rings. The zero-order valence-electron chi connectivity index (χ0n) is 42.5. The third kappa shape index (κ3) is 3.41. The maximum Gasteiger partial charge on any atom is 0.136 e. The minimum atomic E-state index is -0.952. The molecule has 0 radical (unpaired) electrons. The van der Waals surface area contributed by atoms with Crippen LogP contribution in [0, 0.1) is 0 Å². The van der Waals surface area contributed by atoms with Crippen LogP contribution in [-0.4, -0.2) is 0 Å². The molecule has 0 spiro atoms. The van der Waals surface area contributed by atoms with E-state index in [-0.39, 0.29) is 0 Å². The van der Waals surface area contributed by atoms with Crippen molar-refractivity contribution in [1.29, 1.82) is 0 Å². The smallest absolute Gasteiger partial charge is 0.136 e. The molecular formula is C38H24O. The van der Waals surface area contributed by atoms with Gasteiger partial charge in [0.1, 0.15) is 11.2 Å². The van der Waals surface area contributed by atoms with E-state index in [1.54, 1.807) is 0 Å². The zero-order valence-corrected chi connectivity index (χ0v) is 19.5. The molecule has 0 atom stereocenters. The standard InChI is InChI=1S/C38H24O/c1-2-12-25(13-3-1)26-14-10-15-27(24-26)36-28-16-4-6-18-30(28)37(31-19-7-5-17-29(31)36)33-21-11-23-35-38(33)32-20-8-9-22-34(32)39-35/h1-24H/i1D,2D,3D,4D,5D,6D,7D,8D,9D,10D,11D,12D,14D,15D,16D,17D,18D,19D,20D,21D,22D,23D,24D. The lowest BCUT2D eigenvalue weighted by atomic mass is 9.84. The highest BCUT2D eigenvalue weighted by atomic mass is 16.3. The van der Waals surface area contributed by atoms with Crippen molar-refractivity contribution in [2.75, 3.05) is 0 Å². The number of para-hydroxylation sites is 1. The highest BCUT2D eigenvalue weighted by Crippen LogP contribution is 2.47. The van der Waals surface area contributed by atoms with Crippen molar-refractivity contribution in [3.63, 3.8) is 0 Å². The fourth-order valence-corrected chi connectivity index (χ4v) is 4.69. The first-order valence-corrected chi connectivity index (χ1v) is 11.5. The molecule has 1 aromatic heterocycles. The van der Waals surface area contributed by atoms with Crippen molar-refractivity contribution in [2.45, 2.75) is 0 Å². The summed E-state index contributed by atoms with van der Waals surface area (Å²) in [6, 6.07) is -18.5. The van der Waals surface area contributed by atoms with Gasteiger partial charge < -0.3 is 4.42 Å². The first-order valence-electron chi connectivity index (χ1n) is 23.0. The molecular weight excluding hydrogens is 472 g/mol. The first-order chi connectivity index (χ1) is 28.9. The van der Waals surface area contributed by atoms with E-state index < -0.39 is 216 Å². The number of hydrogen-bond donors (Lipinski definition) is 0. The van der Waals surface area contributed by atoms with Crippen molar-refractivity contribution in [2.24, 2.45) is 0 Å². The van der Waals surface area contributed by atoms with E-state index in [2.05, 4.69) is 0 Å². The molecule has 0 fully saturated rings. The van der Waals surface area contributed by atoms with E-state index in [1.807, 2.05) is 0 Å². The maximum atomic E-state index is 9.52. The molecule has 0 aliphatic heterocycles. The molecule has 0 saturated carbocycles. The lowest BCUT2D eigenvalue weighted by molar-refractivity contribution is 0.669. The van der Waals surface area contributed by atoms with Gasteiger partial charge in [-0.05, 0) is 73.1 Å². The van der Waals surface area contributed by atoms with E-state index in [0.717, 1.165) is 6.07 Å². The molecule has 39 heavy (non-hydrogen) atoms. The van der Waals surface area contributed by atoms with Crippen LogP contribution < -0.4 is 0 Å². The van der Waals surface area contributed by atoms with Gasteiger partial charge in [0.2, 0.25) is 0 Å². The molecule has 1 heterocycles. The molecule has 0 aliphatic carbocycles. The Morgan fingerprint density at radius 1 is 0.410 bits per heavy atom. The van der Waals surface area contributed by atoms with Gasteiger partial charge in [0.05, 0.1) is 31.5 Å². The first kappa shape index (κ1) is 8.97. The van der Waals surface area contributed by atoms with E-state index >= 15 is 0 Å². The molecule has 8 aromatic rings. The topological polar surface area (TPSA) is 13.1 Å². The van der Waals surface area contributed by atoms with Crippen molar-refractivity contribution in [3.8, 4) is 33.4 Å². The van der Waals surface area contributed by atoms with Gasteiger partial charge in [0.25, 0.3) is 0 Å². The predicted octanol–water partition coefficient (Wildman–Crippen LogP) is 10.9. The Morgan fingerprint density at radius 3 is 1.74 bits per heavy atom. The Kier molecular flexibility index (Phi) is 2.00. The molecule has 0 amide bonds. The molecule has 7 aromatic carbocycles. The van der Waals surface area contributed by atoms with Gasteiger partial charge >= 0.3 is 0 Å². The average molecular weight is 520 g/mol. The monoisotopic (exact) mass is 519 g/mol. The average Bonchev–Trinajstić information content (AvgIpc) is 3.64. The number of furan rings is 1. The molecule has 182 valence electrons. The Bertz CT molecular complexity index is 3360. The number of hydrogen-bond acceptors (Lipinski definition) is 1. The van der Waals surface area contributed by atoms with Gasteiger partial charge in [0, 0.05) is 10.8 Å². The van der Waals surface area contributed by atoms with Crippen molar-refractivity contribution >= 4 is 43.5 Å². The summed E-state index contributed by atoms with van der Waals surface area (Å²) >= 11 is 0. The minimum Gasteiger partial charge on any atom is -0.456 e. The summed E-state index contributed by atoms with van der Waals surface area (Å²) in [4.78, 5) is 0. The normalized spacial score (nSPS) is 19.8. The van der Waals surface area contributed by atoms with Gasteiger partial charge in [-0.15, -0.1) is 0 Å². The van der Waals surface area contributed by atoms with E-state index in [4.69, 9.17) is 26.3 Å². The summed E-state index contributed by atoms with van der Waals surface area (Å²) in [7, 11) is 0. The fraction of sp³-hybridized carbons (Fsp3) is 0. The molecule has 0 saturated heterocycles. The van der Waals surface area contributed by atoms with Gasteiger partial charge in [-0.2, -0.15) is 0 Å². The van der Waals surface area contributed by atoms with Gasteiger partial charge in [-0.3, -0.25) is 0 Å². The second-order valence-corrected chi connectivity index (χ2v) is 8.34. The summed E-state index contributed by atoms with van der Waals surface area (Å²) in [5.41, 5.74) is -4.79. The Labute approximate surface area is 258 Å². The fourth-order valence-electron chi connectivity index (χ4n) is 4.69. The Hall–Kier alpha value is -5.14. The summed E-state index contributed by atoms with van der Waals surface area (Å²) in [5, 5.41) is -3.48. The lowest BCUT2D eigenvalue weighted by Gasteiger charge is -2.18. The van der Waals surface area contributed by atoms with Gasteiger partial charge in [-0.1, -0.05) is 127 Å². The minimum absolute atomic E-state index is 0.432. The van der Waals surface area contributed by atoms with Crippen LogP contribution in [0.15, 0.2) is 149 Å². The Morgan fingerprint density at radius 2 is 0.974 bits per heavy atom. The van der Waals surface area contributed by atoms with Gasteiger partial charge in [0.15, 0.2) is 0 Å². The lowest BCUT2D eigenvalue weighted by Crippen LogP contribution is -1.91. The van der Waals surface area contributed by atoms with E-state index in [1.165, 1.54) is 0 Å². The SMILES string of the molecule is [2H]c1cc(-c2c([2H])c([2H])c([2H])c(-c3c4c([2H])c([2H])c([2H])c([2H])c4c(-c4c([2H])c([2H])c([2H])c5oc6c([2H])c([2H])c([2H])c([2H])c6c45)c4c([2H])c([2H])c([2H])c([2H])c34)c2[2H])c([2H])c([2H])c1[2H]. The number of rotatable bonds is 3. The van der Waals surface area contributed by atoms with Crippen LogP contribution in [0.4, 0.5) is 0 Å². The Balaban J connectivity index is 1.77. The molecule has 0 N–H and O–H groups in total. The highest BCUT2D eigenvalue weighted by Gasteiger charge is 2.20. The second-order valence-electron chi connectivity index (χ2n) is 8.34. The van der Waals surface area contributed by atoms with E-state index in [0.29, 0.717) is 0 Å². The zero-order chi connectivity index (χ0) is 45.8. The third-order valence-electron chi connectivity index (χ3n) is 6.27. The molecule has 8 rings (SSSR count). The quantitative estimate of drug-likeness (QED) is 0.212. The van der Waals surface area contributed by atoms with Crippen LogP contribution in [0.1, 0.15) is 31.5 Å². The van der Waals surface area contributed by atoms with Crippen LogP contribution in [0.5, 0.6) is 0 Å². The van der Waals surface area contributed by atoms with Crippen LogP contribution in [-0.2, 0) is 0 Å². The van der Waals surface area contributed by atoms with E-state index in [9.17, 15) is 9.60 Å². The van der Waals surface area contributed by atoms with Crippen LogP contribution in [0.25, 0.3) is 76.9 Å². The van der Waals surface area contributed by atoms with Crippen LogP contribution in [0.2, 0.25) is 0 Å². The number of benzene rings is 7. The third-order valence-corrected chi connectivity index (χ3v) is 6.27. The molecule has 0 unspecified atom stereocenters. The predicted molar refractivity (Wildman–Crippen MR) is 165 cm³/mol. The molecule has 1 nitrogen and oxygen atoms in total. The maximum absolute atomic E-state index is 9.52. The summed E-state index contributed by atoms with van der Waals surface area (Å²) < 4.78 is 209. The highest BCUT2D eigenvalue weighted by molar-refractivity contribution is 6.25. The van der Waals surface area contributed by atoms with Gasteiger partial charge in [-0.25, -0.2) is 0 Å². The second kappa shape index (κ2) is 8.72. The summed E-state index contributed by atoms with van der Waals surface area (Å²) in [6.07, 6.45) is 0. The summed E-state index contributed by atoms with van der Waals surface area (Å²) in [6.45, 7) is 0. The van der Waals surface area contributed by atoms with Crippen molar-refractivity contribution in [3.05, 3.63) is 145 Å². The number of fused-ring (bicyclic) bond motifs is 5.